The number of aromatic nitrogens is 5. The van der Waals surface area contributed by atoms with Gasteiger partial charge in [0.05, 0.1) is 6.54 Å². The molecule has 4 rings (SSSR count). The number of tetrazole rings is 1. The van der Waals surface area contributed by atoms with Crippen LogP contribution in [0.25, 0.3) is 11.1 Å². The third-order valence-electron chi connectivity index (χ3n) is 5.30. The number of aliphatic hydroxyl groups is 1. The fourth-order valence-electron chi connectivity index (χ4n) is 3.51. The van der Waals surface area contributed by atoms with Gasteiger partial charge in [-0.15, -0.1) is 5.10 Å². The second-order valence-electron chi connectivity index (χ2n) is 7.65. The number of thioether (sulfide) groups is 1. The van der Waals surface area contributed by atoms with Gasteiger partial charge in [-0.1, -0.05) is 24.0 Å². The van der Waals surface area contributed by atoms with Gasteiger partial charge in [-0.3, -0.25) is 4.98 Å². The Morgan fingerprint density at radius 2 is 1.68 bits per heavy atom. The summed E-state index contributed by atoms with van der Waals surface area (Å²) in [5.74, 6) is -7.01. The Hall–Kier alpha value is -2.58. The van der Waals surface area contributed by atoms with Gasteiger partial charge in [-0.05, 0) is 46.3 Å². The zero-order chi connectivity index (χ0) is 25.9. The minimum Gasteiger partial charge on any atom is -0.420 e. The predicted octanol–water partition coefficient (Wildman–Crippen LogP) is 5.21. The Morgan fingerprint density at radius 3 is 2.24 bits per heavy atom. The molecule has 0 saturated heterocycles. The number of nitrogens with zero attached hydrogens (tertiary/aromatic N) is 5. The smallest absolute Gasteiger partial charge is 0.323 e. The Balaban J connectivity index is 0.00000380. The van der Waals surface area contributed by atoms with Crippen LogP contribution in [0.4, 0.5) is 26.3 Å². The first-order valence-corrected chi connectivity index (χ1v) is 11.2. The maximum Gasteiger partial charge on any atom is 0.323 e. The quantitative estimate of drug-likeness (QED) is 0.112. The second-order valence-corrected chi connectivity index (χ2v) is 8.70. The van der Waals surface area contributed by atoms with E-state index in [1.54, 1.807) is 24.3 Å². The number of halogens is 6. The molecule has 0 fully saturated rings. The standard InChI is InChI=1S/C23H16F6N5OS.Hf/c24-16-4-7-18(19(25)9-16)22(35,12-34-13-31-32-33-34)23(28,29)20-8-3-15(10-30-20)14-1-5-17(6-2-14)36-11-21(26)27;/h1-10,13,35H,11-12H2;/q-1;. The van der Waals surface area contributed by atoms with Gasteiger partial charge in [-0.25, -0.2) is 13.5 Å². The fourth-order valence-corrected chi connectivity index (χ4v) is 4.11. The molecule has 0 spiro atoms. The van der Waals surface area contributed by atoms with Gasteiger partial charge in [-0.2, -0.15) is 20.5 Å². The van der Waals surface area contributed by atoms with Crippen LogP contribution >= 0.6 is 11.8 Å². The fraction of sp³-hybridized carbons (Fsp3) is 0.174. The largest absolute Gasteiger partial charge is 0.420 e. The molecular weight excluding hydrogens is 687 g/mol. The summed E-state index contributed by atoms with van der Waals surface area (Å²) < 4.78 is 85.0. The molecule has 6 nitrogen and oxygen atoms in total. The van der Waals surface area contributed by atoms with Gasteiger partial charge < -0.3 is 13.9 Å². The van der Waals surface area contributed by atoms with Crippen molar-refractivity contribution in [3.8, 4) is 11.1 Å². The molecule has 37 heavy (non-hydrogen) atoms. The molecule has 0 amide bonds. The van der Waals surface area contributed by atoms with E-state index in [-0.39, 0.29) is 25.8 Å². The Morgan fingerprint density at radius 1 is 0.973 bits per heavy atom. The average Bonchev–Trinajstić information content (AvgIpc) is 3.35. The van der Waals surface area contributed by atoms with Gasteiger partial charge in [0, 0.05) is 60.6 Å². The third-order valence-corrected chi connectivity index (χ3v) is 6.27. The van der Waals surface area contributed by atoms with Gasteiger partial charge in [0.15, 0.2) is 5.60 Å². The molecule has 0 aliphatic rings. The maximum atomic E-state index is 15.8. The minimum absolute atomic E-state index is 0. The summed E-state index contributed by atoms with van der Waals surface area (Å²) in [6.07, 6.45) is 0.394. The van der Waals surface area contributed by atoms with Crippen LogP contribution in [0, 0.1) is 18.1 Å². The van der Waals surface area contributed by atoms with E-state index in [0.29, 0.717) is 22.1 Å². The van der Waals surface area contributed by atoms with E-state index >= 15 is 8.78 Å². The first-order chi connectivity index (χ1) is 17.1. The molecule has 4 aromatic rings. The number of hydrogen-bond donors (Lipinski definition) is 1. The van der Waals surface area contributed by atoms with Crippen LogP contribution in [-0.4, -0.2) is 36.1 Å². The van der Waals surface area contributed by atoms with E-state index < -0.39 is 53.1 Å². The molecule has 14 heteroatoms. The van der Waals surface area contributed by atoms with Crippen LogP contribution in [0.1, 0.15) is 11.3 Å². The van der Waals surface area contributed by atoms with Crippen molar-refractivity contribution >= 4 is 11.8 Å². The Labute approximate surface area is 229 Å². The molecule has 1 unspecified atom stereocenters. The summed E-state index contributed by atoms with van der Waals surface area (Å²) >= 11 is 0.942. The summed E-state index contributed by atoms with van der Waals surface area (Å²) in [5.41, 5.74) is -3.97. The van der Waals surface area contributed by atoms with E-state index in [1.165, 1.54) is 6.07 Å². The van der Waals surface area contributed by atoms with Crippen molar-refractivity contribution in [2.24, 2.45) is 0 Å². The number of pyridine rings is 1. The van der Waals surface area contributed by atoms with Crippen LogP contribution < -0.4 is 0 Å². The number of alkyl halides is 2. The van der Waals surface area contributed by atoms with Gasteiger partial charge in [0.1, 0.15) is 23.7 Å². The normalized spacial score (nSPS) is 13.3. The van der Waals surface area contributed by atoms with Crippen molar-refractivity contribution in [2.75, 3.05) is 5.75 Å². The van der Waals surface area contributed by atoms with Crippen molar-refractivity contribution in [3.05, 3.63) is 96.4 Å². The zero-order valence-electron chi connectivity index (χ0n) is 18.6. The van der Waals surface area contributed by atoms with E-state index in [9.17, 15) is 22.7 Å². The van der Waals surface area contributed by atoms with Crippen molar-refractivity contribution in [2.45, 2.75) is 23.0 Å². The molecule has 2 aromatic carbocycles. The maximum absolute atomic E-state index is 15.8. The molecule has 1 atom stereocenters. The molecule has 0 aliphatic carbocycles. The van der Waals surface area contributed by atoms with Crippen molar-refractivity contribution in [3.63, 3.8) is 0 Å². The van der Waals surface area contributed by atoms with Crippen molar-refractivity contribution in [1.82, 2.24) is 25.2 Å². The topological polar surface area (TPSA) is 76.7 Å². The molecule has 1 N–H and O–H groups in total. The molecule has 2 aromatic heterocycles. The van der Waals surface area contributed by atoms with Gasteiger partial charge in [0.2, 0.25) is 0 Å². The van der Waals surface area contributed by atoms with Crippen LogP contribution in [-0.2, 0) is 43.9 Å². The Kier molecular flexibility index (Phi) is 9.29. The summed E-state index contributed by atoms with van der Waals surface area (Å²) in [6, 6.07) is 10.6. The van der Waals surface area contributed by atoms with Crippen LogP contribution in [0.3, 0.4) is 0 Å². The molecule has 192 valence electrons. The summed E-state index contributed by atoms with van der Waals surface area (Å²) in [7, 11) is 0. The first kappa shape index (κ1) is 29.0. The summed E-state index contributed by atoms with van der Waals surface area (Å²) in [6.45, 7) is -0.963. The molecule has 0 bridgehead atoms. The molecule has 0 saturated carbocycles. The molecular formula is C23H16F6HfN5OS-. The third kappa shape index (κ3) is 6.29. The predicted molar refractivity (Wildman–Crippen MR) is 118 cm³/mol. The van der Waals surface area contributed by atoms with Crippen molar-refractivity contribution < 1.29 is 57.3 Å². The average molecular weight is 703 g/mol. The second kappa shape index (κ2) is 11.9. The van der Waals surface area contributed by atoms with E-state index in [4.69, 9.17) is 0 Å². The number of benzene rings is 2. The van der Waals surface area contributed by atoms with Crippen molar-refractivity contribution in [1.29, 1.82) is 0 Å². The monoisotopic (exact) mass is 704 g/mol. The SMILES string of the molecule is OC(Cn1cnnn1)(c1ccc(F)cc1F)C(F)(F)c1ccc(-c2ccc(SC[C-](F)F)cc2)cn1.[Hf]. The summed E-state index contributed by atoms with van der Waals surface area (Å²) in [4.78, 5) is 4.40. The van der Waals surface area contributed by atoms with Crippen LogP contribution in [0.15, 0.2) is 72.0 Å². The molecule has 0 aliphatic heterocycles. The zero-order valence-corrected chi connectivity index (χ0v) is 23.0. The van der Waals surface area contributed by atoms with Gasteiger partial charge in [0.25, 0.3) is 0 Å². The van der Waals surface area contributed by atoms with Gasteiger partial charge >= 0.3 is 5.92 Å². The minimum atomic E-state index is -4.18. The van der Waals surface area contributed by atoms with E-state index in [0.717, 1.165) is 47.2 Å². The van der Waals surface area contributed by atoms with E-state index in [1.807, 2.05) is 0 Å². The Bertz CT molecular complexity index is 1310. The van der Waals surface area contributed by atoms with Crippen LogP contribution in [0.2, 0.25) is 0 Å². The van der Waals surface area contributed by atoms with E-state index in [2.05, 4.69) is 20.5 Å². The molecule has 2 heterocycles. The molecule has 0 radical (unpaired) electrons. The van der Waals surface area contributed by atoms with Crippen LogP contribution in [0.5, 0.6) is 0 Å². The number of rotatable bonds is 9. The number of hydrogen-bond acceptors (Lipinski definition) is 6. The summed E-state index contributed by atoms with van der Waals surface area (Å²) in [5, 5.41) is 21.3. The first-order valence-electron chi connectivity index (χ1n) is 10.2.